The highest BCUT2D eigenvalue weighted by atomic mass is 35.5. The molecule has 3 unspecified atom stereocenters. The molecule has 0 bridgehead atoms. The molecule has 0 spiro atoms. The Kier molecular flexibility index (Phi) is 4.23. The topological polar surface area (TPSA) is 49.4 Å². The Morgan fingerprint density at radius 2 is 1.90 bits per heavy atom. The standard InChI is InChI=1S/C14H18Cl2N2O2S/c1-2-14-13-7-17-6-9(13)8-18(14)21(19,20)12-4-10(15)3-11(16)5-12/h3-5,9,13-14,17H,2,6-8H2,1H3. The van der Waals surface area contributed by atoms with Crippen molar-refractivity contribution in [1.82, 2.24) is 9.62 Å². The first-order valence-corrected chi connectivity index (χ1v) is 9.31. The molecule has 21 heavy (non-hydrogen) atoms. The van der Waals surface area contributed by atoms with Gasteiger partial charge in [-0.3, -0.25) is 0 Å². The molecular weight excluding hydrogens is 331 g/mol. The number of benzene rings is 1. The predicted octanol–water partition coefficient (Wildman–Crippen LogP) is 2.61. The van der Waals surface area contributed by atoms with Gasteiger partial charge in [0.15, 0.2) is 0 Å². The van der Waals surface area contributed by atoms with Gasteiger partial charge in [-0.1, -0.05) is 30.1 Å². The number of halogens is 2. The molecule has 0 amide bonds. The number of rotatable bonds is 3. The molecule has 0 radical (unpaired) electrons. The third-order valence-corrected chi connectivity index (χ3v) is 6.84. The zero-order valence-corrected chi connectivity index (χ0v) is 14.0. The molecule has 2 heterocycles. The minimum absolute atomic E-state index is 0.0488. The molecule has 1 aromatic carbocycles. The van der Waals surface area contributed by atoms with E-state index < -0.39 is 10.0 Å². The number of nitrogens with one attached hydrogen (secondary N) is 1. The van der Waals surface area contributed by atoms with Gasteiger partial charge in [-0.25, -0.2) is 8.42 Å². The molecule has 4 nitrogen and oxygen atoms in total. The fourth-order valence-electron chi connectivity index (χ4n) is 3.58. The van der Waals surface area contributed by atoms with Crippen molar-refractivity contribution in [2.24, 2.45) is 11.8 Å². The maximum Gasteiger partial charge on any atom is 0.243 e. The first kappa shape index (κ1) is 15.6. The van der Waals surface area contributed by atoms with Gasteiger partial charge in [0.25, 0.3) is 0 Å². The van der Waals surface area contributed by atoms with Crippen LogP contribution in [0.25, 0.3) is 0 Å². The fourth-order valence-corrected chi connectivity index (χ4v) is 6.11. The summed E-state index contributed by atoms with van der Waals surface area (Å²) in [5, 5.41) is 4.04. The zero-order chi connectivity index (χ0) is 15.2. The molecule has 1 N–H and O–H groups in total. The summed E-state index contributed by atoms with van der Waals surface area (Å²) in [6.45, 7) is 4.40. The summed E-state index contributed by atoms with van der Waals surface area (Å²) >= 11 is 11.9. The van der Waals surface area contributed by atoms with E-state index in [1.165, 1.54) is 12.1 Å². The maximum atomic E-state index is 12.9. The van der Waals surface area contributed by atoms with Gasteiger partial charge in [0.05, 0.1) is 4.90 Å². The number of nitrogens with zero attached hydrogens (tertiary/aromatic N) is 1. The molecule has 2 aliphatic heterocycles. The minimum Gasteiger partial charge on any atom is -0.316 e. The number of hydrogen-bond donors (Lipinski definition) is 1. The lowest BCUT2D eigenvalue weighted by Crippen LogP contribution is -2.39. The van der Waals surface area contributed by atoms with Crippen LogP contribution in [-0.2, 0) is 10.0 Å². The molecule has 116 valence electrons. The van der Waals surface area contributed by atoms with Crippen LogP contribution in [0.5, 0.6) is 0 Å². The molecule has 0 aromatic heterocycles. The van der Waals surface area contributed by atoms with Crippen molar-refractivity contribution >= 4 is 33.2 Å². The number of hydrogen-bond acceptors (Lipinski definition) is 3. The number of sulfonamides is 1. The summed E-state index contributed by atoms with van der Waals surface area (Å²) in [6, 6.07) is 4.54. The van der Waals surface area contributed by atoms with E-state index in [1.54, 1.807) is 10.4 Å². The van der Waals surface area contributed by atoms with Gasteiger partial charge in [0.1, 0.15) is 0 Å². The second-order valence-electron chi connectivity index (χ2n) is 5.74. The van der Waals surface area contributed by atoms with Crippen LogP contribution in [0.4, 0.5) is 0 Å². The monoisotopic (exact) mass is 348 g/mol. The molecule has 2 fully saturated rings. The summed E-state index contributed by atoms with van der Waals surface area (Å²) in [7, 11) is -3.55. The smallest absolute Gasteiger partial charge is 0.243 e. The minimum atomic E-state index is -3.55. The Bertz CT molecular complexity index is 630. The van der Waals surface area contributed by atoms with Gasteiger partial charge in [-0.05, 0) is 49.5 Å². The van der Waals surface area contributed by atoms with Crippen LogP contribution >= 0.6 is 23.2 Å². The Morgan fingerprint density at radius 3 is 2.52 bits per heavy atom. The highest BCUT2D eigenvalue weighted by molar-refractivity contribution is 7.89. The normalized spacial score (nSPS) is 29.8. The maximum absolute atomic E-state index is 12.9. The van der Waals surface area contributed by atoms with E-state index in [1.807, 2.05) is 6.92 Å². The molecule has 2 saturated heterocycles. The van der Waals surface area contributed by atoms with Crippen molar-refractivity contribution in [1.29, 1.82) is 0 Å². The molecule has 1 aromatic rings. The Balaban J connectivity index is 1.98. The highest BCUT2D eigenvalue weighted by Crippen LogP contribution is 2.38. The lowest BCUT2D eigenvalue weighted by atomic mass is 9.93. The summed E-state index contributed by atoms with van der Waals surface area (Å²) in [6.07, 6.45) is 0.816. The SMILES string of the molecule is CCC1C2CNCC2CN1S(=O)(=O)c1cc(Cl)cc(Cl)c1. The Labute approximate surface area is 135 Å². The zero-order valence-electron chi connectivity index (χ0n) is 11.7. The van der Waals surface area contributed by atoms with Crippen LogP contribution in [-0.4, -0.2) is 38.4 Å². The van der Waals surface area contributed by atoms with Crippen molar-refractivity contribution in [2.45, 2.75) is 24.3 Å². The second-order valence-corrected chi connectivity index (χ2v) is 8.50. The number of fused-ring (bicyclic) bond motifs is 1. The summed E-state index contributed by atoms with van der Waals surface area (Å²) in [5.74, 6) is 0.804. The van der Waals surface area contributed by atoms with E-state index in [0.29, 0.717) is 28.4 Å². The van der Waals surface area contributed by atoms with Crippen LogP contribution in [0, 0.1) is 11.8 Å². The predicted molar refractivity (Wildman–Crippen MR) is 84.3 cm³/mol. The molecule has 0 aliphatic carbocycles. The average Bonchev–Trinajstić information content (AvgIpc) is 2.97. The summed E-state index contributed by atoms with van der Waals surface area (Å²) in [4.78, 5) is 0.186. The molecule has 7 heteroatoms. The van der Waals surface area contributed by atoms with Gasteiger partial charge < -0.3 is 5.32 Å². The fraction of sp³-hybridized carbons (Fsp3) is 0.571. The van der Waals surface area contributed by atoms with Crippen molar-refractivity contribution in [3.8, 4) is 0 Å². The molecule has 3 atom stereocenters. The van der Waals surface area contributed by atoms with E-state index in [2.05, 4.69) is 5.32 Å². The van der Waals surface area contributed by atoms with Crippen LogP contribution in [0.3, 0.4) is 0 Å². The lowest BCUT2D eigenvalue weighted by Gasteiger charge is -2.26. The van der Waals surface area contributed by atoms with E-state index in [0.717, 1.165) is 19.5 Å². The Morgan fingerprint density at radius 1 is 1.24 bits per heavy atom. The van der Waals surface area contributed by atoms with Crippen molar-refractivity contribution in [3.05, 3.63) is 28.2 Å². The van der Waals surface area contributed by atoms with Crippen LogP contribution in [0.2, 0.25) is 10.0 Å². The van der Waals surface area contributed by atoms with Crippen molar-refractivity contribution < 1.29 is 8.42 Å². The van der Waals surface area contributed by atoms with E-state index in [4.69, 9.17) is 23.2 Å². The van der Waals surface area contributed by atoms with Crippen molar-refractivity contribution in [2.75, 3.05) is 19.6 Å². The molecule has 2 aliphatic rings. The van der Waals surface area contributed by atoms with Crippen molar-refractivity contribution in [3.63, 3.8) is 0 Å². The second kappa shape index (κ2) is 5.70. The first-order valence-electron chi connectivity index (χ1n) is 7.12. The third-order valence-electron chi connectivity index (χ3n) is 4.53. The van der Waals surface area contributed by atoms with E-state index in [-0.39, 0.29) is 10.9 Å². The van der Waals surface area contributed by atoms with Gasteiger partial charge >= 0.3 is 0 Å². The quantitative estimate of drug-likeness (QED) is 0.913. The van der Waals surface area contributed by atoms with Gasteiger partial charge in [-0.2, -0.15) is 4.31 Å². The third kappa shape index (κ3) is 2.70. The molecule has 0 saturated carbocycles. The average molecular weight is 349 g/mol. The van der Waals surface area contributed by atoms with Gasteiger partial charge in [0, 0.05) is 22.6 Å². The van der Waals surface area contributed by atoms with E-state index in [9.17, 15) is 8.42 Å². The van der Waals surface area contributed by atoms with Gasteiger partial charge in [-0.15, -0.1) is 0 Å². The van der Waals surface area contributed by atoms with Crippen LogP contribution in [0.15, 0.2) is 23.1 Å². The molecule has 3 rings (SSSR count). The molecular formula is C14H18Cl2N2O2S. The largest absolute Gasteiger partial charge is 0.316 e. The lowest BCUT2D eigenvalue weighted by molar-refractivity contribution is 0.329. The Hall–Kier alpha value is -0.330. The van der Waals surface area contributed by atoms with Gasteiger partial charge in [0.2, 0.25) is 10.0 Å². The summed E-state index contributed by atoms with van der Waals surface area (Å²) in [5.41, 5.74) is 0. The van der Waals surface area contributed by atoms with E-state index >= 15 is 0 Å². The first-order chi connectivity index (χ1) is 9.93. The van der Waals surface area contributed by atoms with Crippen LogP contribution in [0.1, 0.15) is 13.3 Å². The highest BCUT2D eigenvalue weighted by Gasteiger charge is 2.48. The van der Waals surface area contributed by atoms with Crippen LogP contribution < -0.4 is 5.32 Å². The summed E-state index contributed by atoms with van der Waals surface area (Å²) < 4.78 is 27.5.